The van der Waals surface area contributed by atoms with E-state index in [9.17, 15) is 14.7 Å². The zero-order chi connectivity index (χ0) is 29.9. The van der Waals surface area contributed by atoms with Crippen LogP contribution in [0, 0.1) is 0 Å². The molecule has 3 aromatic rings. The third-order valence-electron chi connectivity index (χ3n) is 7.67. The molecule has 0 spiro atoms. The Morgan fingerprint density at radius 2 is 1.64 bits per heavy atom. The van der Waals surface area contributed by atoms with Crippen molar-refractivity contribution in [3.05, 3.63) is 101 Å². The van der Waals surface area contributed by atoms with Gasteiger partial charge in [-0.3, -0.25) is 19.7 Å². The van der Waals surface area contributed by atoms with E-state index in [0.29, 0.717) is 31.5 Å². The monoisotopic (exact) mass is 575 g/mol. The van der Waals surface area contributed by atoms with Crippen LogP contribution in [0.5, 0.6) is 0 Å². The number of hydrogen-bond donors (Lipinski definition) is 4. The lowest BCUT2D eigenvalue weighted by molar-refractivity contribution is -0.253. The first-order valence-corrected chi connectivity index (χ1v) is 14.4. The zero-order valence-electron chi connectivity index (χ0n) is 24.2. The average Bonchev–Trinajstić information content (AvgIpc) is 3.03. The number of hydrogen-bond acceptors (Lipinski definition) is 7. The molecule has 1 aliphatic rings. The second-order valence-electron chi connectivity index (χ2n) is 10.8. The van der Waals surface area contributed by atoms with Gasteiger partial charge in [-0.25, -0.2) is 5.48 Å². The zero-order valence-corrected chi connectivity index (χ0v) is 24.2. The summed E-state index contributed by atoms with van der Waals surface area (Å²) < 4.78 is 13.0. The Balaban J connectivity index is 1.46. The molecule has 0 radical (unpaired) electrons. The number of aliphatic hydroxyl groups excluding tert-OH is 1. The number of nitrogens with zero attached hydrogens (tertiary/aromatic N) is 1. The molecule has 224 valence electrons. The van der Waals surface area contributed by atoms with E-state index in [0.717, 1.165) is 16.7 Å². The van der Waals surface area contributed by atoms with Crippen LogP contribution in [0.15, 0.2) is 78.9 Å². The smallest absolute Gasteiger partial charge is 0.243 e. The standard InChI is InChI=1S/C33H41N3O6/c1-23(25-9-4-3-5-10-25)36(2)21-29-20-30(26-17-15-24(22-37)16-18-26)42-33(41-29)27-11-8-12-28(19-27)34-31(38)13-6-7-14-32(39)35-40/h3-5,8-12,15-19,23,29-30,33,37,40H,6-7,13-14,20-22H2,1-2H3,(H,34,38)(H,35,39)/t23-,29+,30-,33-/m0/s1. The summed E-state index contributed by atoms with van der Waals surface area (Å²) in [6, 6.07) is 25.9. The predicted octanol–water partition coefficient (Wildman–Crippen LogP) is 5.42. The highest BCUT2D eigenvalue weighted by atomic mass is 16.7. The molecule has 1 fully saturated rings. The minimum absolute atomic E-state index is 0.0150. The normalized spacial score (nSPS) is 19.3. The van der Waals surface area contributed by atoms with Crippen LogP contribution in [0.2, 0.25) is 0 Å². The highest BCUT2D eigenvalue weighted by molar-refractivity contribution is 5.90. The van der Waals surface area contributed by atoms with Crippen LogP contribution < -0.4 is 10.8 Å². The fraction of sp³-hybridized carbons (Fsp3) is 0.394. The molecule has 0 unspecified atom stereocenters. The lowest BCUT2D eigenvalue weighted by Crippen LogP contribution is -2.38. The molecular weight excluding hydrogens is 534 g/mol. The number of carbonyl (C=O) groups is 2. The van der Waals surface area contributed by atoms with Gasteiger partial charge in [-0.05, 0) is 55.6 Å². The molecule has 0 aromatic heterocycles. The fourth-order valence-corrected chi connectivity index (χ4v) is 5.11. The molecule has 4 rings (SSSR count). The number of nitrogens with one attached hydrogen (secondary N) is 2. The van der Waals surface area contributed by atoms with E-state index < -0.39 is 12.2 Å². The largest absolute Gasteiger partial charge is 0.392 e. The topological polar surface area (TPSA) is 120 Å². The van der Waals surface area contributed by atoms with Crippen LogP contribution in [-0.4, -0.2) is 46.7 Å². The summed E-state index contributed by atoms with van der Waals surface area (Å²) in [7, 11) is 2.10. The second-order valence-corrected chi connectivity index (χ2v) is 10.8. The summed E-state index contributed by atoms with van der Waals surface area (Å²) in [5.74, 6) is -0.615. The summed E-state index contributed by atoms with van der Waals surface area (Å²) in [4.78, 5) is 26.0. The summed E-state index contributed by atoms with van der Waals surface area (Å²) in [5.41, 5.74) is 6.13. The molecule has 1 saturated heterocycles. The van der Waals surface area contributed by atoms with Gasteiger partial charge in [-0.15, -0.1) is 0 Å². The molecule has 1 heterocycles. The number of benzene rings is 3. The van der Waals surface area contributed by atoms with E-state index in [1.54, 1.807) is 5.48 Å². The van der Waals surface area contributed by atoms with Crippen molar-refractivity contribution in [3.8, 4) is 0 Å². The van der Waals surface area contributed by atoms with Crippen molar-refractivity contribution in [1.82, 2.24) is 10.4 Å². The maximum Gasteiger partial charge on any atom is 0.243 e. The van der Waals surface area contributed by atoms with E-state index in [2.05, 4.69) is 36.3 Å². The highest BCUT2D eigenvalue weighted by Crippen LogP contribution is 2.39. The molecular formula is C33H41N3O6. The van der Waals surface area contributed by atoms with Crippen LogP contribution in [-0.2, 0) is 25.7 Å². The molecule has 0 aliphatic carbocycles. The Bertz CT molecular complexity index is 1290. The van der Waals surface area contributed by atoms with E-state index >= 15 is 0 Å². The van der Waals surface area contributed by atoms with Gasteiger partial charge in [0.25, 0.3) is 0 Å². The Morgan fingerprint density at radius 1 is 0.929 bits per heavy atom. The molecule has 4 N–H and O–H groups in total. The molecule has 9 heteroatoms. The van der Waals surface area contributed by atoms with Gasteiger partial charge in [0.2, 0.25) is 11.8 Å². The van der Waals surface area contributed by atoms with E-state index in [4.69, 9.17) is 14.7 Å². The third kappa shape index (κ3) is 8.95. The van der Waals surface area contributed by atoms with Crippen LogP contribution in [0.25, 0.3) is 0 Å². The lowest BCUT2D eigenvalue weighted by atomic mass is 9.99. The van der Waals surface area contributed by atoms with E-state index in [-0.39, 0.29) is 43.6 Å². The number of ether oxygens (including phenoxy) is 2. The molecule has 0 saturated carbocycles. The number of hydroxylamine groups is 1. The molecule has 0 bridgehead atoms. The number of unbranched alkanes of at least 4 members (excludes halogenated alkanes) is 1. The first-order valence-electron chi connectivity index (χ1n) is 14.4. The van der Waals surface area contributed by atoms with Crippen molar-refractivity contribution in [2.24, 2.45) is 0 Å². The van der Waals surface area contributed by atoms with Gasteiger partial charge in [0.05, 0.1) is 18.8 Å². The van der Waals surface area contributed by atoms with Crippen molar-refractivity contribution in [2.45, 2.75) is 70.2 Å². The first-order chi connectivity index (χ1) is 20.4. The second kappa shape index (κ2) is 15.6. The summed E-state index contributed by atoms with van der Waals surface area (Å²) in [6.07, 6.45) is 1.17. The Hall–Kier alpha value is -3.60. The van der Waals surface area contributed by atoms with Crippen LogP contribution in [0.4, 0.5) is 5.69 Å². The number of carbonyl (C=O) groups excluding carboxylic acids is 2. The Kier molecular flexibility index (Phi) is 11.6. The highest BCUT2D eigenvalue weighted by Gasteiger charge is 2.33. The van der Waals surface area contributed by atoms with Gasteiger partial charge in [0.1, 0.15) is 0 Å². The van der Waals surface area contributed by atoms with Crippen molar-refractivity contribution in [3.63, 3.8) is 0 Å². The van der Waals surface area contributed by atoms with Gasteiger partial charge in [-0.1, -0.05) is 66.7 Å². The van der Waals surface area contributed by atoms with Crippen LogP contribution >= 0.6 is 0 Å². The van der Waals surface area contributed by atoms with Gasteiger partial charge in [0, 0.05) is 43.1 Å². The number of likely N-dealkylation sites (N-methyl/N-ethyl adjacent to an activating group) is 1. The van der Waals surface area contributed by atoms with Gasteiger partial charge in [0.15, 0.2) is 6.29 Å². The number of amides is 2. The van der Waals surface area contributed by atoms with E-state index in [1.165, 1.54) is 5.56 Å². The number of aliphatic hydroxyl groups is 1. The van der Waals surface area contributed by atoms with Crippen molar-refractivity contribution < 1.29 is 29.4 Å². The molecule has 9 nitrogen and oxygen atoms in total. The van der Waals surface area contributed by atoms with Crippen molar-refractivity contribution in [2.75, 3.05) is 18.9 Å². The van der Waals surface area contributed by atoms with Crippen LogP contribution in [0.1, 0.15) is 79.7 Å². The quantitative estimate of drug-likeness (QED) is 0.122. The van der Waals surface area contributed by atoms with E-state index in [1.807, 2.05) is 66.7 Å². The van der Waals surface area contributed by atoms with Crippen molar-refractivity contribution in [1.29, 1.82) is 0 Å². The molecule has 4 atom stereocenters. The Labute approximate surface area is 247 Å². The summed E-state index contributed by atoms with van der Waals surface area (Å²) in [6.45, 7) is 2.87. The minimum Gasteiger partial charge on any atom is -0.392 e. The summed E-state index contributed by atoms with van der Waals surface area (Å²) in [5, 5.41) is 21.0. The van der Waals surface area contributed by atoms with Crippen LogP contribution in [0.3, 0.4) is 0 Å². The maximum absolute atomic E-state index is 12.5. The minimum atomic E-state index is -0.638. The number of rotatable bonds is 13. The summed E-state index contributed by atoms with van der Waals surface area (Å²) >= 11 is 0. The Morgan fingerprint density at radius 3 is 2.33 bits per heavy atom. The number of anilines is 1. The average molecular weight is 576 g/mol. The predicted molar refractivity (Wildman–Crippen MR) is 159 cm³/mol. The van der Waals surface area contributed by atoms with Gasteiger partial charge < -0.3 is 19.9 Å². The third-order valence-corrected chi connectivity index (χ3v) is 7.67. The maximum atomic E-state index is 12.5. The van der Waals surface area contributed by atoms with Crippen molar-refractivity contribution >= 4 is 17.5 Å². The molecule has 3 aromatic carbocycles. The fourth-order valence-electron chi connectivity index (χ4n) is 5.11. The molecule has 1 aliphatic heterocycles. The SMILES string of the molecule is C[C@@H](c1ccccc1)N(C)C[C@H]1C[C@@H](c2ccc(CO)cc2)O[C@@H](c2cccc(NC(=O)CCCCC(=O)NO)c2)O1. The molecule has 42 heavy (non-hydrogen) atoms. The first kappa shape index (κ1) is 31.3. The van der Waals surface area contributed by atoms with Gasteiger partial charge >= 0.3 is 0 Å². The lowest BCUT2D eigenvalue weighted by Gasteiger charge is -2.39. The van der Waals surface area contributed by atoms with Gasteiger partial charge in [-0.2, -0.15) is 0 Å². The molecule has 2 amide bonds.